The molecule has 0 N–H and O–H groups in total. The normalized spacial score (nSPS) is 25.2. The zero-order valence-electron chi connectivity index (χ0n) is 8.21. The lowest BCUT2D eigenvalue weighted by molar-refractivity contribution is -0.133. The minimum atomic E-state index is 0.284. The quantitative estimate of drug-likeness (QED) is 0.604. The van der Waals surface area contributed by atoms with Gasteiger partial charge in [-0.1, -0.05) is 6.92 Å². The van der Waals surface area contributed by atoms with E-state index in [0.29, 0.717) is 12.5 Å². The van der Waals surface area contributed by atoms with Crippen LogP contribution in [0.3, 0.4) is 0 Å². The van der Waals surface area contributed by atoms with E-state index in [4.69, 9.17) is 0 Å². The summed E-state index contributed by atoms with van der Waals surface area (Å²) in [6, 6.07) is 0.471. The maximum atomic E-state index is 11.3. The van der Waals surface area contributed by atoms with Gasteiger partial charge in [-0.05, 0) is 20.0 Å². The molecule has 1 amide bonds. The highest BCUT2D eigenvalue weighted by Gasteiger charge is 2.24. The van der Waals surface area contributed by atoms with Crippen LogP contribution < -0.4 is 0 Å². The summed E-state index contributed by atoms with van der Waals surface area (Å²) in [7, 11) is 3.97. The molecule has 1 aliphatic rings. The Balaban J connectivity index is 2.45. The molecule has 0 aromatic heterocycles. The Kier molecular flexibility index (Phi) is 3.09. The third-order valence-corrected chi connectivity index (χ3v) is 2.76. The van der Waals surface area contributed by atoms with Gasteiger partial charge in [0.25, 0.3) is 0 Å². The van der Waals surface area contributed by atoms with E-state index in [1.807, 2.05) is 11.9 Å². The zero-order chi connectivity index (χ0) is 9.14. The number of piperidine rings is 1. The molecule has 3 heteroatoms. The van der Waals surface area contributed by atoms with Crippen molar-refractivity contribution >= 4 is 5.91 Å². The van der Waals surface area contributed by atoms with E-state index < -0.39 is 0 Å². The molecule has 0 saturated carbocycles. The Hall–Kier alpha value is -0.570. The first kappa shape index (κ1) is 9.52. The van der Waals surface area contributed by atoms with Gasteiger partial charge in [0.2, 0.25) is 5.91 Å². The predicted octanol–water partition coefficient (Wildman–Crippen LogP) is 0.559. The minimum absolute atomic E-state index is 0.284. The zero-order valence-corrected chi connectivity index (χ0v) is 8.21. The van der Waals surface area contributed by atoms with Gasteiger partial charge in [-0.3, -0.25) is 4.79 Å². The van der Waals surface area contributed by atoms with Crippen LogP contribution in [0.25, 0.3) is 0 Å². The third kappa shape index (κ3) is 1.97. The fourth-order valence-electron chi connectivity index (χ4n) is 1.56. The number of carbonyl (C=O) groups excluding carboxylic acids is 1. The molecule has 0 spiro atoms. The van der Waals surface area contributed by atoms with Crippen molar-refractivity contribution in [2.24, 2.45) is 0 Å². The average molecular weight is 170 g/mol. The van der Waals surface area contributed by atoms with Crippen LogP contribution in [0.4, 0.5) is 0 Å². The first-order valence-electron chi connectivity index (χ1n) is 4.59. The Morgan fingerprint density at radius 2 is 2.33 bits per heavy atom. The molecule has 0 aromatic carbocycles. The van der Waals surface area contributed by atoms with Gasteiger partial charge in [0.1, 0.15) is 0 Å². The SMILES string of the molecule is CCN(C)C1CCN(C)C(=O)C1. The molecule has 1 atom stereocenters. The smallest absolute Gasteiger partial charge is 0.223 e. The molecule has 1 rings (SSSR count). The topological polar surface area (TPSA) is 23.6 Å². The lowest BCUT2D eigenvalue weighted by Crippen LogP contribution is -2.44. The van der Waals surface area contributed by atoms with E-state index in [1.54, 1.807) is 0 Å². The van der Waals surface area contributed by atoms with E-state index in [9.17, 15) is 4.79 Å². The largest absolute Gasteiger partial charge is 0.346 e. The standard InChI is InChI=1S/C9H18N2O/c1-4-10(2)8-5-6-11(3)9(12)7-8/h8H,4-7H2,1-3H3. The van der Waals surface area contributed by atoms with Crippen molar-refractivity contribution in [3.63, 3.8) is 0 Å². The van der Waals surface area contributed by atoms with E-state index in [1.165, 1.54) is 0 Å². The summed E-state index contributed by atoms with van der Waals surface area (Å²) < 4.78 is 0. The highest BCUT2D eigenvalue weighted by molar-refractivity contribution is 5.77. The number of carbonyl (C=O) groups is 1. The molecule has 1 saturated heterocycles. The Morgan fingerprint density at radius 1 is 1.67 bits per heavy atom. The molecule has 0 aliphatic carbocycles. The van der Waals surface area contributed by atoms with Crippen molar-refractivity contribution in [3.8, 4) is 0 Å². The fraction of sp³-hybridized carbons (Fsp3) is 0.889. The molecule has 1 unspecified atom stereocenters. The molecule has 0 bridgehead atoms. The number of amides is 1. The van der Waals surface area contributed by atoms with Crippen LogP contribution in [0.15, 0.2) is 0 Å². The second-order valence-electron chi connectivity index (χ2n) is 3.54. The predicted molar refractivity (Wildman–Crippen MR) is 49.0 cm³/mol. The number of likely N-dealkylation sites (tertiary alicyclic amines) is 1. The maximum absolute atomic E-state index is 11.3. The number of hydrogen-bond acceptors (Lipinski definition) is 2. The molecule has 70 valence electrons. The monoisotopic (exact) mass is 170 g/mol. The van der Waals surface area contributed by atoms with Crippen LogP contribution in [-0.4, -0.2) is 48.9 Å². The fourth-order valence-corrected chi connectivity index (χ4v) is 1.56. The summed E-state index contributed by atoms with van der Waals surface area (Å²) in [5, 5.41) is 0. The van der Waals surface area contributed by atoms with E-state index in [2.05, 4.69) is 18.9 Å². The molecule has 3 nitrogen and oxygen atoms in total. The highest BCUT2D eigenvalue weighted by Crippen LogP contribution is 2.14. The van der Waals surface area contributed by atoms with Gasteiger partial charge in [0.15, 0.2) is 0 Å². The summed E-state index contributed by atoms with van der Waals surface area (Å²) >= 11 is 0. The van der Waals surface area contributed by atoms with E-state index >= 15 is 0 Å². The molecule has 0 aromatic rings. The minimum Gasteiger partial charge on any atom is -0.346 e. The van der Waals surface area contributed by atoms with E-state index in [0.717, 1.165) is 19.5 Å². The van der Waals surface area contributed by atoms with Gasteiger partial charge in [0.05, 0.1) is 0 Å². The van der Waals surface area contributed by atoms with Gasteiger partial charge in [-0.25, -0.2) is 0 Å². The Labute approximate surface area is 74.3 Å². The third-order valence-electron chi connectivity index (χ3n) is 2.76. The van der Waals surface area contributed by atoms with Crippen LogP contribution in [0.1, 0.15) is 19.8 Å². The van der Waals surface area contributed by atoms with Crippen LogP contribution >= 0.6 is 0 Å². The summed E-state index contributed by atoms with van der Waals surface area (Å²) in [6.07, 6.45) is 1.81. The summed E-state index contributed by atoms with van der Waals surface area (Å²) in [5.74, 6) is 0.284. The summed E-state index contributed by atoms with van der Waals surface area (Å²) in [5.41, 5.74) is 0. The van der Waals surface area contributed by atoms with Crippen molar-refractivity contribution in [1.82, 2.24) is 9.80 Å². The summed E-state index contributed by atoms with van der Waals surface area (Å²) in [6.45, 7) is 4.07. The second kappa shape index (κ2) is 3.90. The van der Waals surface area contributed by atoms with Crippen LogP contribution in [-0.2, 0) is 4.79 Å². The van der Waals surface area contributed by atoms with Gasteiger partial charge in [0, 0.05) is 26.1 Å². The average Bonchev–Trinajstić information content (AvgIpc) is 2.08. The first-order valence-corrected chi connectivity index (χ1v) is 4.59. The van der Waals surface area contributed by atoms with Gasteiger partial charge >= 0.3 is 0 Å². The first-order chi connectivity index (χ1) is 5.65. The molecule has 1 fully saturated rings. The van der Waals surface area contributed by atoms with Crippen LogP contribution in [0.2, 0.25) is 0 Å². The molecular formula is C9H18N2O. The number of nitrogens with zero attached hydrogens (tertiary/aromatic N) is 2. The lowest BCUT2D eigenvalue weighted by Gasteiger charge is -2.34. The van der Waals surface area contributed by atoms with Crippen LogP contribution in [0.5, 0.6) is 0 Å². The highest BCUT2D eigenvalue weighted by atomic mass is 16.2. The van der Waals surface area contributed by atoms with Crippen molar-refractivity contribution in [2.75, 3.05) is 27.2 Å². The van der Waals surface area contributed by atoms with Crippen molar-refractivity contribution in [3.05, 3.63) is 0 Å². The van der Waals surface area contributed by atoms with E-state index in [-0.39, 0.29) is 5.91 Å². The lowest BCUT2D eigenvalue weighted by atomic mass is 10.0. The van der Waals surface area contributed by atoms with Crippen molar-refractivity contribution < 1.29 is 4.79 Å². The Morgan fingerprint density at radius 3 is 2.83 bits per heavy atom. The number of rotatable bonds is 2. The molecule has 1 heterocycles. The number of hydrogen-bond donors (Lipinski definition) is 0. The summed E-state index contributed by atoms with van der Waals surface area (Å²) in [4.78, 5) is 15.4. The molecular weight excluding hydrogens is 152 g/mol. The van der Waals surface area contributed by atoms with Crippen LogP contribution in [0, 0.1) is 0 Å². The van der Waals surface area contributed by atoms with Gasteiger partial charge in [-0.15, -0.1) is 0 Å². The Bertz CT molecular complexity index is 170. The molecule has 1 aliphatic heterocycles. The molecule has 12 heavy (non-hydrogen) atoms. The van der Waals surface area contributed by atoms with Crippen molar-refractivity contribution in [1.29, 1.82) is 0 Å². The van der Waals surface area contributed by atoms with Gasteiger partial charge < -0.3 is 9.80 Å². The second-order valence-corrected chi connectivity index (χ2v) is 3.54. The maximum Gasteiger partial charge on any atom is 0.223 e. The van der Waals surface area contributed by atoms with Gasteiger partial charge in [-0.2, -0.15) is 0 Å². The molecule has 0 radical (unpaired) electrons. The van der Waals surface area contributed by atoms with Crippen molar-refractivity contribution in [2.45, 2.75) is 25.8 Å².